The number of nitrogens with two attached hydrogens (primary N) is 1. The van der Waals surface area contributed by atoms with Crippen LogP contribution in [0.4, 0.5) is 0 Å². The van der Waals surface area contributed by atoms with Crippen molar-refractivity contribution in [3.63, 3.8) is 0 Å². The zero-order chi connectivity index (χ0) is 16.2. The van der Waals surface area contributed by atoms with Gasteiger partial charge in [0.05, 0.1) is 0 Å². The molecule has 3 aromatic rings. The zero-order valence-electron chi connectivity index (χ0n) is 13.3. The average Bonchev–Trinajstić information content (AvgIpc) is 2.87. The largest absolute Gasteiger partial charge is 2.00 e. The summed E-state index contributed by atoms with van der Waals surface area (Å²) in [6.45, 7) is 1.83. The number of fused-ring (bicyclic) bond motifs is 3. The first kappa shape index (κ1) is 19.0. The summed E-state index contributed by atoms with van der Waals surface area (Å²) in [6.07, 6.45) is 4.67. The molecule has 1 heterocycles. The molecular weight excluding hydrogens is 526 g/mol. The molecule has 5 heteroatoms. The maximum Gasteiger partial charge on any atom is 2.00 e. The molecule has 0 amide bonds. The molecule has 0 unspecified atom stereocenters. The van der Waals surface area contributed by atoms with Crippen LogP contribution in [-0.2, 0) is 0 Å². The fraction of sp³-hybridized carbons (Fsp3) is 0.158. The molecule has 4 nitrogen and oxygen atoms in total. The molecule has 0 spiro atoms. The first-order valence-corrected chi connectivity index (χ1v) is 7.61. The molecule has 0 saturated heterocycles. The molecular formula is C19H20N2O2U. The van der Waals surface area contributed by atoms with Crippen molar-refractivity contribution in [2.45, 2.75) is 12.5 Å². The first-order valence-electron chi connectivity index (χ1n) is 7.61. The number of aliphatic hydroxyl groups excluding tert-OH is 2. The summed E-state index contributed by atoms with van der Waals surface area (Å²) in [5, 5.41) is 21.0. The number of hydrogen-bond acceptors (Lipinski definition) is 3. The number of nitrogens with zero attached hydrogens (tertiary/aromatic N) is 1. The van der Waals surface area contributed by atoms with Crippen molar-refractivity contribution in [2.24, 2.45) is 5.73 Å². The van der Waals surface area contributed by atoms with Gasteiger partial charge in [0.2, 0.25) is 0 Å². The average molecular weight is 546 g/mol. The molecule has 0 radical (unpaired) electrons. The number of aliphatic hydroxyl groups is 2. The van der Waals surface area contributed by atoms with E-state index in [0.29, 0.717) is 6.42 Å². The Hall–Kier alpha value is -1.38. The second-order valence-corrected chi connectivity index (χ2v) is 5.43. The number of para-hydroxylation sites is 1. The van der Waals surface area contributed by atoms with Gasteiger partial charge in [-0.15, -0.1) is 6.54 Å². The van der Waals surface area contributed by atoms with Crippen molar-refractivity contribution in [1.29, 1.82) is 0 Å². The molecule has 2 aromatic carbocycles. The van der Waals surface area contributed by atoms with E-state index < -0.39 is 6.10 Å². The second-order valence-electron chi connectivity index (χ2n) is 5.43. The van der Waals surface area contributed by atoms with Gasteiger partial charge in [-0.05, 0) is 17.8 Å². The topological polar surface area (TPSA) is 71.4 Å². The van der Waals surface area contributed by atoms with Gasteiger partial charge >= 0.3 is 31.1 Å². The van der Waals surface area contributed by atoms with E-state index in [-0.39, 0.29) is 37.7 Å². The van der Waals surface area contributed by atoms with E-state index in [9.17, 15) is 5.11 Å². The molecule has 122 valence electrons. The third-order valence-electron chi connectivity index (χ3n) is 3.93. The molecule has 0 aliphatic rings. The van der Waals surface area contributed by atoms with Crippen LogP contribution >= 0.6 is 0 Å². The van der Waals surface area contributed by atoms with Gasteiger partial charge in [-0.2, -0.15) is 0 Å². The number of aromatic nitrogens is 1. The summed E-state index contributed by atoms with van der Waals surface area (Å²) in [7, 11) is 0. The van der Waals surface area contributed by atoms with Gasteiger partial charge in [0.1, 0.15) is 0 Å². The Morgan fingerprint density at radius 3 is 2.62 bits per heavy atom. The van der Waals surface area contributed by atoms with Crippen LogP contribution in [0, 0.1) is 44.1 Å². The molecule has 0 aliphatic carbocycles. The molecule has 3 rings (SSSR count). The van der Waals surface area contributed by atoms with Crippen LogP contribution < -0.4 is 5.73 Å². The standard InChI is InChI=1S/C19H20N2O2.U/c20-10-7-14-5-6-19-17(13-14)16-3-1-2-4-18(16)21(19)11-8-15(23)9-12-22;/h1-7,9-11,13,15,22-23H,8,12,20H2;/q-2;+2/b10-7+;/t15-;/m1./s1. The molecule has 0 fully saturated rings. The molecule has 24 heavy (non-hydrogen) atoms. The number of hydrogen-bond donors (Lipinski definition) is 3. The van der Waals surface area contributed by atoms with Gasteiger partial charge in [-0.3, -0.25) is 6.42 Å². The fourth-order valence-corrected chi connectivity index (χ4v) is 2.86. The van der Waals surface area contributed by atoms with E-state index in [2.05, 4.69) is 28.8 Å². The molecule has 1 aromatic heterocycles. The van der Waals surface area contributed by atoms with E-state index in [1.54, 1.807) is 0 Å². The minimum Gasteiger partial charge on any atom is -0.478 e. The number of rotatable bonds is 6. The third-order valence-corrected chi connectivity index (χ3v) is 3.93. The summed E-state index contributed by atoms with van der Waals surface area (Å²) in [6, 6.07) is 14.4. The van der Waals surface area contributed by atoms with E-state index in [1.165, 1.54) is 12.6 Å². The monoisotopic (exact) mass is 546 g/mol. The van der Waals surface area contributed by atoms with Crippen LogP contribution in [0.3, 0.4) is 0 Å². The van der Waals surface area contributed by atoms with Gasteiger partial charge < -0.3 is 20.5 Å². The Balaban J connectivity index is 0.00000208. The van der Waals surface area contributed by atoms with E-state index >= 15 is 0 Å². The molecule has 4 N–H and O–H groups in total. The van der Waals surface area contributed by atoms with Crippen LogP contribution in [0.2, 0.25) is 0 Å². The maximum absolute atomic E-state index is 9.82. The number of benzene rings is 2. The van der Waals surface area contributed by atoms with Crippen LogP contribution in [0.15, 0.2) is 48.7 Å². The molecule has 0 saturated carbocycles. The van der Waals surface area contributed by atoms with Gasteiger partial charge in [-0.1, -0.05) is 83.4 Å². The fourth-order valence-electron chi connectivity index (χ4n) is 2.86. The van der Waals surface area contributed by atoms with Gasteiger partial charge in [-0.25, -0.2) is 0 Å². The van der Waals surface area contributed by atoms with Crippen molar-refractivity contribution in [3.05, 3.63) is 67.2 Å². The molecule has 0 bridgehead atoms. The van der Waals surface area contributed by atoms with Gasteiger partial charge in [0.25, 0.3) is 0 Å². The van der Waals surface area contributed by atoms with E-state index in [1.807, 2.05) is 30.8 Å². The quantitative estimate of drug-likeness (QED) is 0.417. The summed E-state index contributed by atoms with van der Waals surface area (Å²) in [5.41, 5.74) is 8.71. The summed E-state index contributed by atoms with van der Waals surface area (Å²) in [4.78, 5) is 0. The summed E-state index contributed by atoms with van der Waals surface area (Å²) < 4.78 is 2.09. The Kier molecular flexibility index (Phi) is 6.82. The van der Waals surface area contributed by atoms with Crippen molar-refractivity contribution < 1.29 is 41.3 Å². The second kappa shape index (κ2) is 8.64. The molecule has 1 atom stereocenters. The Bertz CT molecular complexity index is 842. The van der Waals surface area contributed by atoms with Crippen LogP contribution in [0.1, 0.15) is 12.0 Å². The minimum atomic E-state index is -0.657. The Morgan fingerprint density at radius 1 is 1.12 bits per heavy atom. The Labute approximate surface area is 165 Å². The van der Waals surface area contributed by atoms with Crippen LogP contribution in [0.5, 0.6) is 0 Å². The van der Waals surface area contributed by atoms with Crippen molar-refractivity contribution in [3.8, 4) is 0 Å². The van der Waals surface area contributed by atoms with Crippen molar-refractivity contribution in [2.75, 3.05) is 6.61 Å². The first-order chi connectivity index (χ1) is 11.2. The summed E-state index contributed by atoms with van der Waals surface area (Å²) in [5.74, 6) is 0. The third kappa shape index (κ3) is 3.81. The van der Waals surface area contributed by atoms with Crippen LogP contribution in [-0.4, -0.2) is 27.5 Å². The summed E-state index contributed by atoms with van der Waals surface area (Å²) >= 11 is 0. The Morgan fingerprint density at radius 2 is 1.88 bits per heavy atom. The SMILES string of the molecule is N/C=C/c1ccc2c(c1)c1ccccc1n2[CH-]C[C@@H](O)[CH-]CO.[U+2]. The zero-order valence-corrected chi connectivity index (χ0v) is 17.4. The predicted octanol–water partition coefficient (Wildman–Crippen LogP) is 2.68. The van der Waals surface area contributed by atoms with Gasteiger partial charge in [0.15, 0.2) is 0 Å². The van der Waals surface area contributed by atoms with Crippen molar-refractivity contribution in [1.82, 2.24) is 4.57 Å². The van der Waals surface area contributed by atoms with E-state index in [4.69, 9.17) is 10.8 Å². The normalized spacial score (nSPS) is 12.6. The smallest absolute Gasteiger partial charge is 0.478 e. The van der Waals surface area contributed by atoms with Crippen LogP contribution in [0.25, 0.3) is 27.9 Å². The van der Waals surface area contributed by atoms with Gasteiger partial charge in [0, 0.05) is 0 Å². The minimum absolute atomic E-state index is 0. The van der Waals surface area contributed by atoms with E-state index in [0.717, 1.165) is 27.4 Å². The van der Waals surface area contributed by atoms with Crippen molar-refractivity contribution >= 4 is 27.9 Å². The molecule has 0 aliphatic heterocycles. The maximum atomic E-state index is 9.82. The predicted molar refractivity (Wildman–Crippen MR) is 94.4 cm³/mol.